The van der Waals surface area contributed by atoms with E-state index in [4.69, 9.17) is 4.74 Å². The summed E-state index contributed by atoms with van der Waals surface area (Å²) in [5.41, 5.74) is 1.13. The van der Waals surface area contributed by atoms with Crippen LogP contribution >= 0.6 is 0 Å². The van der Waals surface area contributed by atoms with Crippen LogP contribution in [0, 0.1) is 12.7 Å². The van der Waals surface area contributed by atoms with Crippen LogP contribution in [-0.2, 0) is 0 Å². The number of benzene rings is 2. The maximum Gasteiger partial charge on any atom is 0.127 e. The predicted molar refractivity (Wildman–Crippen MR) is 69.0 cm³/mol. The second kappa shape index (κ2) is 6.69. The molecular formula is C15H17FO. The Hall–Kier alpha value is -1.83. The van der Waals surface area contributed by atoms with Crippen LogP contribution in [0.3, 0.4) is 0 Å². The molecule has 0 heterocycles. The summed E-state index contributed by atoms with van der Waals surface area (Å²) in [7, 11) is 0. The van der Waals surface area contributed by atoms with Gasteiger partial charge in [-0.05, 0) is 48.9 Å². The Balaban J connectivity index is 0.000000686. The topological polar surface area (TPSA) is 9.23 Å². The molecule has 17 heavy (non-hydrogen) atoms. The van der Waals surface area contributed by atoms with Crippen LogP contribution in [0.5, 0.6) is 11.5 Å². The second-order valence-corrected chi connectivity index (χ2v) is 3.37. The lowest BCUT2D eigenvalue weighted by atomic mass is 10.2. The van der Waals surface area contributed by atoms with Crippen LogP contribution in [0.2, 0.25) is 0 Å². The van der Waals surface area contributed by atoms with Crippen molar-refractivity contribution >= 4 is 0 Å². The van der Waals surface area contributed by atoms with E-state index in [0.29, 0.717) is 5.75 Å². The Morgan fingerprint density at radius 3 is 2.12 bits per heavy atom. The van der Waals surface area contributed by atoms with E-state index in [0.717, 1.165) is 11.3 Å². The third kappa shape index (κ3) is 4.27. The first-order valence-electron chi connectivity index (χ1n) is 5.74. The predicted octanol–water partition coefficient (Wildman–Crippen LogP) is 4.95. The highest BCUT2D eigenvalue weighted by molar-refractivity contribution is 5.33. The van der Waals surface area contributed by atoms with Gasteiger partial charge in [-0.2, -0.15) is 0 Å². The van der Waals surface area contributed by atoms with Gasteiger partial charge < -0.3 is 4.74 Å². The molecule has 0 unspecified atom stereocenters. The molecule has 0 spiro atoms. The van der Waals surface area contributed by atoms with Crippen molar-refractivity contribution < 1.29 is 9.13 Å². The minimum atomic E-state index is -0.258. The van der Waals surface area contributed by atoms with Crippen LogP contribution in [0.1, 0.15) is 19.4 Å². The Kier molecular flexibility index (Phi) is 5.21. The van der Waals surface area contributed by atoms with E-state index in [1.807, 2.05) is 45.0 Å². The third-order valence-corrected chi connectivity index (χ3v) is 2.04. The molecule has 1 nitrogen and oxygen atoms in total. The minimum Gasteiger partial charge on any atom is -0.457 e. The van der Waals surface area contributed by atoms with Crippen LogP contribution in [0.4, 0.5) is 4.39 Å². The lowest BCUT2D eigenvalue weighted by Crippen LogP contribution is -1.84. The lowest BCUT2D eigenvalue weighted by molar-refractivity contribution is 0.480. The molecule has 0 amide bonds. The van der Waals surface area contributed by atoms with Crippen molar-refractivity contribution in [3.8, 4) is 11.5 Å². The molecule has 2 aromatic rings. The van der Waals surface area contributed by atoms with Crippen LogP contribution in [0.25, 0.3) is 0 Å². The first kappa shape index (κ1) is 13.2. The zero-order valence-electron chi connectivity index (χ0n) is 10.4. The normalized spacial score (nSPS) is 9.18. The van der Waals surface area contributed by atoms with E-state index in [-0.39, 0.29) is 5.82 Å². The fourth-order valence-corrected chi connectivity index (χ4v) is 1.32. The van der Waals surface area contributed by atoms with Crippen molar-refractivity contribution in [2.45, 2.75) is 20.8 Å². The number of rotatable bonds is 2. The molecule has 0 N–H and O–H groups in total. The molecule has 0 saturated heterocycles. The van der Waals surface area contributed by atoms with Gasteiger partial charge >= 0.3 is 0 Å². The van der Waals surface area contributed by atoms with E-state index in [2.05, 4.69) is 0 Å². The quantitative estimate of drug-likeness (QED) is 0.711. The standard InChI is InChI=1S/C13H11FO.C2H6/c1-10-3-2-4-13(9-10)15-12-7-5-11(14)6-8-12;1-2/h2-9H,1H3;1-2H3. The summed E-state index contributed by atoms with van der Waals surface area (Å²) in [6, 6.07) is 13.7. The second-order valence-electron chi connectivity index (χ2n) is 3.37. The van der Waals surface area contributed by atoms with Gasteiger partial charge in [-0.25, -0.2) is 4.39 Å². The first-order valence-corrected chi connectivity index (χ1v) is 5.74. The highest BCUT2D eigenvalue weighted by atomic mass is 19.1. The summed E-state index contributed by atoms with van der Waals surface area (Å²) in [4.78, 5) is 0. The van der Waals surface area contributed by atoms with Crippen molar-refractivity contribution in [3.05, 3.63) is 59.9 Å². The fraction of sp³-hybridized carbons (Fsp3) is 0.200. The minimum absolute atomic E-state index is 0.258. The fourth-order valence-electron chi connectivity index (χ4n) is 1.32. The molecule has 0 bridgehead atoms. The van der Waals surface area contributed by atoms with E-state index in [1.54, 1.807) is 12.1 Å². The summed E-state index contributed by atoms with van der Waals surface area (Å²) >= 11 is 0. The number of hydrogen-bond donors (Lipinski definition) is 0. The van der Waals surface area contributed by atoms with Gasteiger partial charge in [0.1, 0.15) is 17.3 Å². The van der Waals surface area contributed by atoms with Gasteiger partial charge in [-0.3, -0.25) is 0 Å². The summed E-state index contributed by atoms with van der Waals surface area (Å²) in [6.07, 6.45) is 0. The number of aryl methyl sites for hydroxylation is 1. The SMILES string of the molecule is CC.Cc1cccc(Oc2ccc(F)cc2)c1. The summed E-state index contributed by atoms with van der Waals surface area (Å²) < 4.78 is 18.2. The van der Waals surface area contributed by atoms with Gasteiger partial charge in [0.25, 0.3) is 0 Å². The average Bonchev–Trinajstić information content (AvgIpc) is 2.35. The molecule has 0 aliphatic heterocycles. The van der Waals surface area contributed by atoms with Gasteiger partial charge in [0, 0.05) is 0 Å². The van der Waals surface area contributed by atoms with E-state index >= 15 is 0 Å². The zero-order chi connectivity index (χ0) is 12.7. The molecule has 2 rings (SSSR count). The van der Waals surface area contributed by atoms with Crippen LogP contribution < -0.4 is 4.74 Å². The van der Waals surface area contributed by atoms with Gasteiger partial charge in [0.15, 0.2) is 0 Å². The van der Waals surface area contributed by atoms with E-state index in [9.17, 15) is 4.39 Å². The van der Waals surface area contributed by atoms with Gasteiger partial charge in [0.2, 0.25) is 0 Å². The van der Waals surface area contributed by atoms with Gasteiger partial charge in [-0.1, -0.05) is 26.0 Å². The van der Waals surface area contributed by atoms with Crippen molar-refractivity contribution in [3.63, 3.8) is 0 Å². The molecular weight excluding hydrogens is 215 g/mol. The molecule has 0 radical (unpaired) electrons. The first-order chi connectivity index (χ1) is 8.24. The lowest BCUT2D eigenvalue weighted by Gasteiger charge is -2.05. The number of hydrogen-bond acceptors (Lipinski definition) is 1. The molecule has 0 saturated carbocycles. The van der Waals surface area contributed by atoms with Gasteiger partial charge in [0.05, 0.1) is 0 Å². The highest BCUT2D eigenvalue weighted by Crippen LogP contribution is 2.21. The zero-order valence-corrected chi connectivity index (χ0v) is 10.4. The largest absolute Gasteiger partial charge is 0.457 e. The third-order valence-electron chi connectivity index (χ3n) is 2.04. The van der Waals surface area contributed by atoms with Crippen molar-refractivity contribution in [2.24, 2.45) is 0 Å². The molecule has 0 atom stereocenters. The summed E-state index contributed by atoms with van der Waals surface area (Å²) in [5.74, 6) is 1.15. The molecule has 2 heteroatoms. The molecule has 0 aliphatic rings. The molecule has 90 valence electrons. The summed E-state index contributed by atoms with van der Waals surface area (Å²) in [5, 5.41) is 0. The summed E-state index contributed by atoms with van der Waals surface area (Å²) in [6.45, 7) is 6.00. The van der Waals surface area contributed by atoms with Crippen molar-refractivity contribution in [1.29, 1.82) is 0 Å². The molecule has 0 fully saturated rings. The van der Waals surface area contributed by atoms with Gasteiger partial charge in [-0.15, -0.1) is 0 Å². The van der Waals surface area contributed by atoms with Crippen molar-refractivity contribution in [1.82, 2.24) is 0 Å². The van der Waals surface area contributed by atoms with E-state index < -0.39 is 0 Å². The number of ether oxygens (including phenoxy) is 1. The Labute approximate surface area is 102 Å². The smallest absolute Gasteiger partial charge is 0.127 e. The number of halogens is 1. The maximum atomic E-state index is 12.6. The Bertz CT molecular complexity index is 449. The van der Waals surface area contributed by atoms with Crippen molar-refractivity contribution in [2.75, 3.05) is 0 Å². The van der Waals surface area contributed by atoms with Crippen LogP contribution in [-0.4, -0.2) is 0 Å². The monoisotopic (exact) mass is 232 g/mol. The molecule has 0 aliphatic carbocycles. The van der Waals surface area contributed by atoms with Crippen LogP contribution in [0.15, 0.2) is 48.5 Å². The Morgan fingerprint density at radius 2 is 1.53 bits per heavy atom. The Morgan fingerprint density at radius 1 is 0.882 bits per heavy atom. The molecule has 2 aromatic carbocycles. The highest BCUT2D eigenvalue weighted by Gasteiger charge is 1.97. The average molecular weight is 232 g/mol. The van der Waals surface area contributed by atoms with E-state index in [1.165, 1.54) is 12.1 Å². The maximum absolute atomic E-state index is 12.6. The molecule has 0 aromatic heterocycles.